The summed E-state index contributed by atoms with van der Waals surface area (Å²) in [5.74, 6) is -0.314. The van der Waals surface area contributed by atoms with Crippen molar-refractivity contribution in [3.05, 3.63) is 57.0 Å². The van der Waals surface area contributed by atoms with Crippen LogP contribution in [-0.4, -0.2) is 31.7 Å². The second kappa shape index (κ2) is 8.44. The molecular formula is C17H18Br2N2O3S. The zero-order valence-electron chi connectivity index (χ0n) is 13.8. The standard InChI is InChI=1S/C17H18Br2N2O3S/c1-3-21(4-2)25(23,24)14-8-5-12(6-9-14)17(22)20-16-11-13(18)7-10-15(16)19/h5-11H,3-4H2,1-2H3,(H,20,22). The topological polar surface area (TPSA) is 66.5 Å². The summed E-state index contributed by atoms with van der Waals surface area (Å²) in [7, 11) is -3.53. The van der Waals surface area contributed by atoms with Gasteiger partial charge in [0.05, 0.1) is 10.6 Å². The van der Waals surface area contributed by atoms with Crippen LogP contribution < -0.4 is 5.32 Å². The van der Waals surface area contributed by atoms with E-state index in [1.807, 2.05) is 12.1 Å². The maximum absolute atomic E-state index is 12.5. The molecule has 1 amide bonds. The molecule has 0 fully saturated rings. The molecule has 8 heteroatoms. The zero-order chi connectivity index (χ0) is 18.6. The Bertz CT molecular complexity index is 864. The van der Waals surface area contributed by atoms with Gasteiger partial charge >= 0.3 is 0 Å². The van der Waals surface area contributed by atoms with Crippen molar-refractivity contribution in [3.63, 3.8) is 0 Å². The van der Waals surface area contributed by atoms with E-state index in [4.69, 9.17) is 0 Å². The summed E-state index contributed by atoms with van der Waals surface area (Å²) in [5.41, 5.74) is 1.00. The molecule has 0 spiro atoms. The van der Waals surface area contributed by atoms with E-state index in [0.29, 0.717) is 24.3 Å². The van der Waals surface area contributed by atoms with Crippen LogP contribution in [0.4, 0.5) is 5.69 Å². The lowest BCUT2D eigenvalue weighted by molar-refractivity contribution is 0.102. The Morgan fingerprint density at radius 3 is 2.20 bits per heavy atom. The molecule has 0 bridgehead atoms. The summed E-state index contributed by atoms with van der Waals surface area (Å²) < 4.78 is 27.9. The van der Waals surface area contributed by atoms with E-state index in [0.717, 1.165) is 8.95 Å². The number of sulfonamides is 1. The van der Waals surface area contributed by atoms with Gasteiger partial charge in [-0.05, 0) is 58.4 Å². The molecule has 134 valence electrons. The Hall–Kier alpha value is -1.22. The molecule has 0 aromatic heterocycles. The summed E-state index contributed by atoms with van der Waals surface area (Å²) in [6, 6.07) is 11.4. The van der Waals surface area contributed by atoms with Gasteiger partial charge in [-0.25, -0.2) is 8.42 Å². The monoisotopic (exact) mass is 488 g/mol. The van der Waals surface area contributed by atoms with E-state index in [9.17, 15) is 13.2 Å². The van der Waals surface area contributed by atoms with Crippen LogP contribution in [0.5, 0.6) is 0 Å². The summed E-state index contributed by atoms with van der Waals surface area (Å²) in [6.45, 7) is 4.38. The molecule has 0 radical (unpaired) electrons. The highest BCUT2D eigenvalue weighted by atomic mass is 79.9. The van der Waals surface area contributed by atoms with Crippen molar-refractivity contribution in [1.82, 2.24) is 4.31 Å². The van der Waals surface area contributed by atoms with Gasteiger partial charge in [0.1, 0.15) is 0 Å². The van der Waals surface area contributed by atoms with Gasteiger partial charge < -0.3 is 5.32 Å². The van der Waals surface area contributed by atoms with E-state index < -0.39 is 10.0 Å². The van der Waals surface area contributed by atoms with Crippen LogP contribution in [0.25, 0.3) is 0 Å². The molecule has 0 aliphatic heterocycles. The Labute approximate surface area is 164 Å². The molecular weight excluding hydrogens is 472 g/mol. The molecule has 2 aromatic rings. The van der Waals surface area contributed by atoms with Gasteiger partial charge in [0.15, 0.2) is 0 Å². The van der Waals surface area contributed by atoms with Gasteiger partial charge in [0.25, 0.3) is 5.91 Å². The molecule has 2 aromatic carbocycles. The van der Waals surface area contributed by atoms with Crippen LogP contribution in [-0.2, 0) is 10.0 Å². The fourth-order valence-electron chi connectivity index (χ4n) is 2.28. The van der Waals surface area contributed by atoms with Crippen LogP contribution in [0.1, 0.15) is 24.2 Å². The largest absolute Gasteiger partial charge is 0.321 e. The fourth-order valence-corrected chi connectivity index (χ4v) is 4.44. The maximum atomic E-state index is 12.5. The van der Waals surface area contributed by atoms with Crippen molar-refractivity contribution < 1.29 is 13.2 Å². The van der Waals surface area contributed by atoms with Gasteiger partial charge in [-0.1, -0.05) is 29.8 Å². The number of hydrogen-bond acceptors (Lipinski definition) is 3. The van der Waals surface area contributed by atoms with Crippen LogP contribution in [0, 0.1) is 0 Å². The number of nitrogens with one attached hydrogen (secondary N) is 1. The molecule has 0 saturated heterocycles. The van der Waals surface area contributed by atoms with Crippen LogP contribution in [0.3, 0.4) is 0 Å². The highest BCUT2D eigenvalue weighted by molar-refractivity contribution is 9.11. The Kier molecular flexibility index (Phi) is 6.79. The fraction of sp³-hybridized carbons (Fsp3) is 0.235. The summed E-state index contributed by atoms with van der Waals surface area (Å²) in [5, 5.41) is 2.79. The second-order valence-corrected chi connectivity index (χ2v) is 8.90. The molecule has 0 heterocycles. The molecule has 1 N–H and O–H groups in total. The van der Waals surface area contributed by atoms with Gasteiger partial charge in [-0.3, -0.25) is 4.79 Å². The van der Waals surface area contributed by atoms with Crippen molar-refractivity contribution in [1.29, 1.82) is 0 Å². The molecule has 0 saturated carbocycles. The van der Waals surface area contributed by atoms with Crippen molar-refractivity contribution in [3.8, 4) is 0 Å². The van der Waals surface area contributed by atoms with Crippen molar-refractivity contribution >= 4 is 53.5 Å². The van der Waals surface area contributed by atoms with Gasteiger partial charge in [-0.2, -0.15) is 4.31 Å². The lowest BCUT2D eigenvalue weighted by atomic mass is 10.2. The minimum absolute atomic E-state index is 0.177. The first-order chi connectivity index (χ1) is 11.8. The number of nitrogens with zero attached hydrogens (tertiary/aromatic N) is 1. The quantitative estimate of drug-likeness (QED) is 0.649. The van der Waals surface area contributed by atoms with E-state index in [2.05, 4.69) is 37.2 Å². The molecule has 0 aliphatic rings. The summed E-state index contributed by atoms with van der Waals surface area (Å²) >= 11 is 6.74. The Morgan fingerprint density at radius 2 is 1.64 bits per heavy atom. The van der Waals surface area contributed by atoms with Crippen LogP contribution >= 0.6 is 31.9 Å². The summed E-state index contributed by atoms with van der Waals surface area (Å²) in [6.07, 6.45) is 0. The first-order valence-corrected chi connectivity index (χ1v) is 10.7. The normalized spacial score (nSPS) is 11.6. The van der Waals surface area contributed by atoms with E-state index in [1.165, 1.54) is 28.6 Å². The predicted octanol–water partition coefficient (Wildman–Crippen LogP) is 4.49. The van der Waals surface area contributed by atoms with Crippen LogP contribution in [0.15, 0.2) is 56.3 Å². The average molecular weight is 490 g/mol. The average Bonchev–Trinajstić information content (AvgIpc) is 2.59. The Balaban J connectivity index is 2.22. The van der Waals surface area contributed by atoms with E-state index in [-0.39, 0.29) is 10.8 Å². The smallest absolute Gasteiger partial charge is 0.255 e. The third-order valence-electron chi connectivity index (χ3n) is 3.64. The minimum Gasteiger partial charge on any atom is -0.321 e. The molecule has 0 unspecified atom stereocenters. The highest BCUT2D eigenvalue weighted by Gasteiger charge is 2.21. The number of amides is 1. The van der Waals surface area contributed by atoms with E-state index in [1.54, 1.807) is 19.9 Å². The minimum atomic E-state index is -3.53. The number of halogens is 2. The molecule has 0 atom stereocenters. The number of rotatable bonds is 6. The number of carbonyl (C=O) groups excluding carboxylic acids is 1. The molecule has 0 aliphatic carbocycles. The number of hydrogen-bond donors (Lipinski definition) is 1. The zero-order valence-corrected chi connectivity index (χ0v) is 17.8. The van der Waals surface area contributed by atoms with Gasteiger partial charge in [-0.15, -0.1) is 0 Å². The van der Waals surface area contributed by atoms with Gasteiger partial charge in [0, 0.05) is 27.6 Å². The SMILES string of the molecule is CCN(CC)S(=O)(=O)c1ccc(C(=O)Nc2cc(Br)ccc2Br)cc1. The number of benzene rings is 2. The van der Waals surface area contributed by atoms with Crippen LogP contribution in [0.2, 0.25) is 0 Å². The number of carbonyl (C=O) groups is 1. The first-order valence-electron chi connectivity index (χ1n) is 7.66. The number of anilines is 1. The molecule has 5 nitrogen and oxygen atoms in total. The van der Waals surface area contributed by atoms with Gasteiger partial charge in [0.2, 0.25) is 10.0 Å². The maximum Gasteiger partial charge on any atom is 0.255 e. The van der Waals surface area contributed by atoms with E-state index >= 15 is 0 Å². The molecule has 25 heavy (non-hydrogen) atoms. The first kappa shape index (κ1) is 20.1. The Morgan fingerprint density at radius 1 is 1.04 bits per heavy atom. The predicted molar refractivity (Wildman–Crippen MR) is 106 cm³/mol. The van der Waals surface area contributed by atoms with Crippen molar-refractivity contribution in [2.45, 2.75) is 18.7 Å². The second-order valence-electron chi connectivity index (χ2n) is 5.19. The lowest BCUT2D eigenvalue weighted by Crippen LogP contribution is -2.30. The third-order valence-corrected chi connectivity index (χ3v) is 6.89. The van der Waals surface area contributed by atoms with Crippen molar-refractivity contribution in [2.75, 3.05) is 18.4 Å². The molecule has 2 rings (SSSR count). The third kappa shape index (κ3) is 4.69. The lowest BCUT2D eigenvalue weighted by Gasteiger charge is -2.18. The highest BCUT2D eigenvalue weighted by Crippen LogP contribution is 2.26. The summed E-state index contributed by atoms with van der Waals surface area (Å²) in [4.78, 5) is 12.6. The van der Waals surface area contributed by atoms with Crippen molar-refractivity contribution in [2.24, 2.45) is 0 Å².